The number of nitrogens with one attached hydrogen (secondary N) is 1. The van der Waals surface area contributed by atoms with E-state index in [2.05, 4.69) is 36.2 Å². The van der Waals surface area contributed by atoms with Gasteiger partial charge in [0, 0.05) is 29.7 Å². The lowest BCUT2D eigenvalue weighted by Gasteiger charge is -2.29. The zero-order valence-corrected chi connectivity index (χ0v) is 14.2. The molecule has 0 radical (unpaired) electrons. The van der Waals surface area contributed by atoms with Gasteiger partial charge in [0.15, 0.2) is 0 Å². The molecule has 2 aromatic carbocycles. The number of rotatable bonds is 5. The number of para-hydroxylation sites is 1. The normalized spacial score (nSPS) is 17.0. The van der Waals surface area contributed by atoms with Crippen molar-refractivity contribution in [2.24, 2.45) is 0 Å². The summed E-state index contributed by atoms with van der Waals surface area (Å²) in [4.78, 5) is 14.4. The molecule has 126 valence electrons. The molecule has 1 atom stereocenters. The summed E-state index contributed by atoms with van der Waals surface area (Å²) in [5, 5.41) is 2.94. The number of ether oxygens (including phenoxy) is 1. The van der Waals surface area contributed by atoms with Crippen molar-refractivity contribution >= 4 is 23.0 Å². The second kappa shape index (κ2) is 7.49. The molecule has 1 saturated heterocycles. The fourth-order valence-electron chi connectivity index (χ4n) is 3.05. The van der Waals surface area contributed by atoms with Gasteiger partial charge in [-0.2, -0.15) is 0 Å². The molecule has 1 heterocycles. The quantitative estimate of drug-likeness (QED) is 0.889. The molecule has 0 unspecified atom stereocenters. The van der Waals surface area contributed by atoms with E-state index < -0.39 is 0 Å². The molecule has 0 spiro atoms. The first kappa shape index (κ1) is 16.5. The van der Waals surface area contributed by atoms with Crippen LogP contribution in [0, 0.1) is 0 Å². The van der Waals surface area contributed by atoms with E-state index in [-0.39, 0.29) is 12.0 Å². The van der Waals surface area contributed by atoms with Crippen LogP contribution >= 0.6 is 0 Å². The highest BCUT2D eigenvalue weighted by atomic mass is 16.5. The van der Waals surface area contributed by atoms with E-state index in [0.717, 1.165) is 29.9 Å². The molecule has 24 heavy (non-hydrogen) atoms. The van der Waals surface area contributed by atoms with Gasteiger partial charge in [-0.1, -0.05) is 18.2 Å². The van der Waals surface area contributed by atoms with E-state index in [4.69, 9.17) is 4.74 Å². The average Bonchev–Trinajstić information content (AvgIpc) is 3.12. The van der Waals surface area contributed by atoms with Crippen LogP contribution in [0.4, 0.5) is 17.1 Å². The molecule has 1 aliphatic rings. The molecule has 4 heteroatoms. The first-order valence-electron chi connectivity index (χ1n) is 8.52. The fraction of sp³-hybridized carbons (Fsp3) is 0.350. The maximum absolute atomic E-state index is 12.1. The Kier molecular flexibility index (Phi) is 5.16. The maximum Gasteiger partial charge on any atom is 0.253 e. The van der Waals surface area contributed by atoms with Gasteiger partial charge in [-0.3, -0.25) is 4.79 Å². The first-order valence-corrected chi connectivity index (χ1v) is 8.52. The number of carbonyl (C=O) groups excluding carboxylic acids is 1. The molecule has 1 N–H and O–H groups in total. The summed E-state index contributed by atoms with van der Waals surface area (Å²) in [5.74, 6) is -0.0518. The summed E-state index contributed by atoms with van der Waals surface area (Å²) in [5.41, 5.74) is 3.06. The second-order valence-electron chi connectivity index (χ2n) is 6.34. The third-order valence-electron chi connectivity index (χ3n) is 4.19. The molecular formula is C20H24N2O2. The highest BCUT2D eigenvalue weighted by Gasteiger charge is 2.23. The molecule has 1 amide bonds. The minimum Gasteiger partial charge on any atom is -0.368 e. The molecule has 1 fully saturated rings. The van der Waals surface area contributed by atoms with Crippen LogP contribution in [-0.2, 0) is 9.53 Å². The van der Waals surface area contributed by atoms with Crippen LogP contribution < -0.4 is 10.2 Å². The standard InChI is InChI=1S/C20H24N2O2/c1-15(2)22(17-7-4-3-5-8-17)18-12-10-16(11-13-18)21-20(23)19-9-6-14-24-19/h3-5,7-8,10-13,15,19H,6,9,14H2,1-2H3,(H,21,23)/t19-/m1/s1. The van der Waals surface area contributed by atoms with Gasteiger partial charge >= 0.3 is 0 Å². The highest BCUT2D eigenvalue weighted by molar-refractivity contribution is 5.94. The molecule has 1 aliphatic heterocycles. The number of carbonyl (C=O) groups is 1. The molecule has 0 aromatic heterocycles. The molecule has 0 aliphatic carbocycles. The average molecular weight is 324 g/mol. The van der Waals surface area contributed by atoms with Crippen molar-refractivity contribution in [1.82, 2.24) is 0 Å². The molecule has 2 aromatic rings. The zero-order valence-electron chi connectivity index (χ0n) is 14.2. The van der Waals surface area contributed by atoms with Crippen molar-refractivity contribution in [3.8, 4) is 0 Å². The van der Waals surface area contributed by atoms with E-state index in [1.54, 1.807) is 0 Å². The van der Waals surface area contributed by atoms with Gasteiger partial charge < -0.3 is 15.0 Å². The van der Waals surface area contributed by atoms with Crippen molar-refractivity contribution in [3.05, 3.63) is 54.6 Å². The smallest absolute Gasteiger partial charge is 0.253 e. The largest absolute Gasteiger partial charge is 0.368 e. The van der Waals surface area contributed by atoms with E-state index in [0.29, 0.717) is 12.6 Å². The van der Waals surface area contributed by atoms with E-state index in [1.807, 2.05) is 42.5 Å². The minimum absolute atomic E-state index is 0.0518. The van der Waals surface area contributed by atoms with Crippen LogP contribution in [0.5, 0.6) is 0 Å². The minimum atomic E-state index is -0.304. The van der Waals surface area contributed by atoms with Gasteiger partial charge in [0.25, 0.3) is 5.91 Å². The Morgan fingerprint density at radius 2 is 1.75 bits per heavy atom. The van der Waals surface area contributed by atoms with E-state index in [9.17, 15) is 4.79 Å². The van der Waals surface area contributed by atoms with Crippen molar-refractivity contribution in [2.75, 3.05) is 16.8 Å². The van der Waals surface area contributed by atoms with Crippen molar-refractivity contribution < 1.29 is 9.53 Å². The molecule has 0 saturated carbocycles. The van der Waals surface area contributed by atoms with Gasteiger partial charge in [-0.05, 0) is 63.1 Å². The number of benzene rings is 2. The number of anilines is 3. The van der Waals surface area contributed by atoms with Crippen LogP contribution in [0.3, 0.4) is 0 Å². The van der Waals surface area contributed by atoms with Gasteiger partial charge in [-0.25, -0.2) is 0 Å². The molecule has 0 bridgehead atoms. The highest BCUT2D eigenvalue weighted by Crippen LogP contribution is 2.28. The summed E-state index contributed by atoms with van der Waals surface area (Å²) in [6, 6.07) is 18.6. The summed E-state index contributed by atoms with van der Waals surface area (Å²) in [7, 11) is 0. The number of hydrogen-bond acceptors (Lipinski definition) is 3. The lowest BCUT2D eigenvalue weighted by Crippen LogP contribution is -2.27. The van der Waals surface area contributed by atoms with Crippen molar-refractivity contribution in [3.63, 3.8) is 0 Å². The van der Waals surface area contributed by atoms with E-state index >= 15 is 0 Å². The Morgan fingerprint density at radius 1 is 1.08 bits per heavy atom. The Morgan fingerprint density at radius 3 is 2.33 bits per heavy atom. The van der Waals surface area contributed by atoms with Crippen molar-refractivity contribution in [2.45, 2.75) is 38.8 Å². The van der Waals surface area contributed by atoms with E-state index in [1.165, 1.54) is 0 Å². The molecule has 3 rings (SSSR count). The van der Waals surface area contributed by atoms with Gasteiger partial charge in [-0.15, -0.1) is 0 Å². The zero-order chi connectivity index (χ0) is 16.9. The summed E-state index contributed by atoms with van der Waals surface area (Å²) >= 11 is 0. The Balaban J connectivity index is 1.74. The first-order chi connectivity index (χ1) is 11.6. The Labute approximate surface area is 143 Å². The number of amides is 1. The Bertz CT molecular complexity index is 662. The summed E-state index contributed by atoms with van der Waals surface area (Å²) in [6.07, 6.45) is 1.46. The van der Waals surface area contributed by atoms with Crippen LogP contribution in [0.2, 0.25) is 0 Å². The van der Waals surface area contributed by atoms with Gasteiger partial charge in [0.2, 0.25) is 0 Å². The predicted molar refractivity (Wildman–Crippen MR) is 97.8 cm³/mol. The van der Waals surface area contributed by atoms with Crippen LogP contribution in [0.25, 0.3) is 0 Å². The third kappa shape index (κ3) is 3.77. The van der Waals surface area contributed by atoms with Crippen LogP contribution in [-0.4, -0.2) is 24.7 Å². The summed E-state index contributed by atoms with van der Waals surface area (Å²) < 4.78 is 5.42. The third-order valence-corrected chi connectivity index (χ3v) is 4.19. The SMILES string of the molecule is CC(C)N(c1ccccc1)c1ccc(NC(=O)[C@H]2CCCO2)cc1. The summed E-state index contributed by atoms with van der Waals surface area (Å²) in [6.45, 7) is 5.01. The van der Waals surface area contributed by atoms with Gasteiger partial charge in [0.1, 0.15) is 6.10 Å². The lowest BCUT2D eigenvalue weighted by molar-refractivity contribution is -0.124. The monoisotopic (exact) mass is 324 g/mol. The molecular weight excluding hydrogens is 300 g/mol. The van der Waals surface area contributed by atoms with Crippen LogP contribution in [0.1, 0.15) is 26.7 Å². The fourth-order valence-corrected chi connectivity index (χ4v) is 3.05. The second-order valence-corrected chi connectivity index (χ2v) is 6.34. The maximum atomic E-state index is 12.1. The lowest BCUT2D eigenvalue weighted by atomic mass is 10.1. The number of nitrogens with zero attached hydrogens (tertiary/aromatic N) is 1. The van der Waals surface area contributed by atoms with Crippen LogP contribution in [0.15, 0.2) is 54.6 Å². The Hall–Kier alpha value is -2.33. The number of hydrogen-bond donors (Lipinski definition) is 1. The topological polar surface area (TPSA) is 41.6 Å². The molecule has 4 nitrogen and oxygen atoms in total. The van der Waals surface area contributed by atoms with Gasteiger partial charge in [0.05, 0.1) is 0 Å². The predicted octanol–water partition coefficient (Wildman–Crippen LogP) is 4.35. The van der Waals surface area contributed by atoms with Crippen molar-refractivity contribution in [1.29, 1.82) is 0 Å².